The van der Waals surface area contributed by atoms with E-state index in [1.54, 1.807) is 0 Å². The average Bonchev–Trinajstić information content (AvgIpc) is 2.39. The second-order valence-corrected chi connectivity index (χ2v) is 8.28. The largest absolute Gasteiger partial charge is 0.408 e. The number of alkyl halides is 3. The number of hydrogen-bond donors (Lipinski definition) is 2. The molecule has 23 heavy (non-hydrogen) atoms. The molecule has 0 aromatic carbocycles. The number of halogens is 5. The summed E-state index contributed by atoms with van der Waals surface area (Å²) in [6.45, 7) is 1.24. The molecule has 0 aliphatic rings. The summed E-state index contributed by atoms with van der Waals surface area (Å²) >= 11 is 3.10. The Labute approximate surface area is 140 Å². The molecule has 0 bridgehead atoms. The van der Waals surface area contributed by atoms with Gasteiger partial charge in [0, 0.05) is 0 Å². The molecule has 0 radical (unpaired) electrons. The molecule has 1 unspecified atom stereocenters. The van der Waals surface area contributed by atoms with E-state index < -0.39 is 39.7 Å². The van der Waals surface area contributed by atoms with Crippen LogP contribution in [0.1, 0.15) is 18.2 Å². The highest BCUT2D eigenvalue weighted by Gasteiger charge is 2.34. The smallest absolute Gasteiger partial charge is 0.319 e. The second-order valence-electron chi connectivity index (χ2n) is 5.23. The minimum Gasteiger partial charge on any atom is -0.319 e. The van der Waals surface area contributed by atoms with Crippen LogP contribution in [0.25, 0.3) is 0 Å². The Bertz CT molecular complexity index is 699. The van der Waals surface area contributed by atoms with Crippen LogP contribution in [0.15, 0.2) is 15.0 Å². The Kier molecular flexibility index (Phi) is 6.16. The summed E-state index contributed by atoms with van der Waals surface area (Å²) in [5.41, 5.74) is 4.46. The zero-order chi connectivity index (χ0) is 18.1. The maximum absolute atomic E-state index is 14.2. The van der Waals surface area contributed by atoms with Gasteiger partial charge in [-0.05, 0) is 48.5 Å². The summed E-state index contributed by atoms with van der Waals surface area (Å²) in [6, 6.07) is 1.43. The Morgan fingerprint density at radius 1 is 1.48 bits per heavy atom. The number of nitrogens with one attached hydrogen (secondary N) is 1. The van der Waals surface area contributed by atoms with Crippen molar-refractivity contribution in [2.75, 3.05) is 19.3 Å². The number of pyridine rings is 1. The van der Waals surface area contributed by atoms with Gasteiger partial charge >= 0.3 is 6.18 Å². The molecular weight excluding hydrogens is 404 g/mol. The lowest BCUT2D eigenvalue weighted by Crippen LogP contribution is -2.45. The van der Waals surface area contributed by atoms with Gasteiger partial charge in [0.2, 0.25) is 0 Å². The number of nitrogens with zero attached hydrogens (tertiary/aromatic N) is 2. The van der Waals surface area contributed by atoms with Crippen LogP contribution in [-0.2, 0) is 15.5 Å². The summed E-state index contributed by atoms with van der Waals surface area (Å²) < 4.78 is 69.3. The molecule has 0 spiro atoms. The number of aromatic nitrogens is 1. The Hall–Kier alpha value is -0.780. The summed E-state index contributed by atoms with van der Waals surface area (Å²) in [7, 11) is -2.30. The maximum atomic E-state index is 14.2. The molecule has 0 amide bonds. The van der Waals surface area contributed by atoms with E-state index >= 15 is 0 Å². The third-order valence-electron chi connectivity index (χ3n) is 2.92. The molecule has 1 aromatic heterocycles. The topological polar surface area (TPSA) is 80.4 Å². The third-order valence-corrected chi connectivity index (χ3v) is 5.50. The predicted octanol–water partition coefficient (Wildman–Crippen LogP) is 2.63. The first-order valence-corrected chi connectivity index (χ1v) is 8.85. The molecule has 1 heterocycles. The van der Waals surface area contributed by atoms with E-state index in [2.05, 4.69) is 30.0 Å². The van der Waals surface area contributed by atoms with Crippen molar-refractivity contribution in [2.24, 2.45) is 10.1 Å². The van der Waals surface area contributed by atoms with Gasteiger partial charge in [-0.25, -0.2) is 22.7 Å². The van der Waals surface area contributed by atoms with Gasteiger partial charge in [-0.3, -0.25) is 0 Å². The Balaban J connectivity index is 3.26. The molecule has 0 saturated carbocycles. The van der Waals surface area contributed by atoms with Gasteiger partial charge in [0.15, 0.2) is 0 Å². The molecule has 0 saturated heterocycles. The first-order chi connectivity index (χ1) is 10.3. The Morgan fingerprint density at radius 3 is 2.52 bits per heavy atom. The quantitative estimate of drug-likeness (QED) is 0.567. The van der Waals surface area contributed by atoms with Crippen molar-refractivity contribution in [1.29, 1.82) is 0 Å². The molecule has 0 aliphatic carbocycles. The van der Waals surface area contributed by atoms with Gasteiger partial charge in [-0.1, -0.05) is 0 Å². The van der Waals surface area contributed by atoms with Crippen molar-refractivity contribution < 1.29 is 21.8 Å². The molecule has 3 N–H and O–H groups in total. The highest BCUT2D eigenvalue weighted by atomic mass is 79.9. The normalized spacial score (nSPS) is 17.4. The van der Waals surface area contributed by atoms with E-state index in [1.807, 2.05) is 0 Å². The lowest BCUT2D eigenvalue weighted by atomic mass is 9.99. The lowest BCUT2D eigenvalue weighted by Gasteiger charge is -2.26. The summed E-state index contributed by atoms with van der Waals surface area (Å²) in [6.07, 6.45) is -4.60. The zero-order valence-corrected chi connectivity index (χ0v) is 15.1. The highest BCUT2D eigenvalue weighted by Crippen LogP contribution is 2.26. The van der Waals surface area contributed by atoms with Gasteiger partial charge in [-0.15, -0.1) is 0 Å². The minimum absolute atomic E-state index is 0.199. The van der Waals surface area contributed by atoms with Gasteiger partial charge in [0.05, 0.1) is 17.0 Å². The zero-order valence-electron chi connectivity index (χ0n) is 12.7. The van der Waals surface area contributed by atoms with E-state index in [0.29, 0.717) is 4.60 Å². The summed E-state index contributed by atoms with van der Waals surface area (Å²) in [5.74, 6) is -1.24. The fraction of sp³-hybridized carbons (Fsp3) is 0.583. The van der Waals surface area contributed by atoms with Crippen molar-refractivity contribution in [2.45, 2.75) is 25.6 Å². The van der Waals surface area contributed by atoms with E-state index in [0.717, 1.165) is 0 Å². The minimum atomic E-state index is -4.60. The molecule has 0 aliphatic heterocycles. The van der Waals surface area contributed by atoms with Crippen molar-refractivity contribution in [3.05, 3.63) is 27.7 Å². The van der Waals surface area contributed by atoms with Crippen molar-refractivity contribution in [1.82, 2.24) is 9.71 Å². The number of rotatable bonds is 5. The highest BCUT2D eigenvalue weighted by molar-refractivity contribution is 9.10. The van der Waals surface area contributed by atoms with Crippen LogP contribution in [-0.4, -0.2) is 34.7 Å². The second kappa shape index (κ2) is 6.99. The third kappa shape index (κ3) is 5.66. The van der Waals surface area contributed by atoms with E-state index in [-0.39, 0.29) is 11.3 Å². The molecule has 0 fully saturated rings. The van der Waals surface area contributed by atoms with Gasteiger partial charge in [0.25, 0.3) is 0 Å². The molecular formula is C12H17BrF4N4OS. The SMILES string of the molecule is CNS(=O)(C[C@](C)(N)c1nc(Br)cc(C)c1F)=NCC(F)(F)F. The number of aryl methyl sites for hydroxylation is 1. The van der Waals surface area contributed by atoms with Crippen molar-refractivity contribution in [3.8, 4) is 0 Å². The fourth-order valence-electron chi connectivity index (χ4n) is 1.83. The van der Waals surface area contributed by atoms with E-state index in [4.69, 9.17) is 5.73 Å². The summed E-state index contributed by atoms with van der Waals surface area (Å²) in [5, 5.41) is 0. The average molecular weight is 421 g/mol. The molecule has 1 rings (SSSR count). The van der Waals surface area contributed by atoms with E-state index in [1.165, 1.54) is 27.0 Å². The molecule has 132 valence electrons. The van der Waals surface area contributed by atoms with Crippen LogP contribution in [0.4, 0.5) is 17.6 Å². The number of nitrogens with two attached hydrogens (primary N) is 1. The maximum Gasteiger partial charge on any atom is 0.408 e. The standard InChI is InChI=1S/C12H17BrF4N4OS/c1-7-4-8(13)21-10(9(7)14)11(2,18)6-23(22,19-3)20-5-12(15,16)17/h4H,5-6,18H2,1-3H3,(H,19,20,22)/t11-,23?/m0/s1. The van der Waals surface area contributed by atoms with E-state index in [9.17, 15) is 21.8 Å². The molecule has 1 aromatic rings. The van der Waals surface area contributed by atoms with Crippen LogP contribution in [0, 0.1) is 12.7 Å². The van der Waals surface area contributed by atoms with Crippen LogP contribution in [0.2, 0.25) is 0 Å². The van der Waals surface area contributed by atoms with Crippen molar-refractivity contribution >= 4 is 25.8 Å². The van der Waals surface area contributed by atoms with Gasteiger partial charge in [-0.2, -0.15) is 13.2 Å². The van der Waals surface area contributed by atoms with Gasteiger partial charge < -0.3 is 5.73 Å². The van der Waals surface area contributed by atoms with Gasteiger partial charge in [0.1, 0.15) is 26.9 Å². The first-order valence-electron chi connectivity index (χ1n) is 6.37. The predicted molar refractivity (Wildman–Crippen MR) is 83.6 cm³/mol. The first kappa shape index (κ1) is 20.3. The van der Waals surface area contributed by atoms with Crippen LogP contribution < -0.4 is 10.5 Å². The molecule has 5 nitrogen and oxygen atoms in total. The van der Waals surface area contributed by atoms with Crippen LogP contribution in [0.3, 0.4) is 0 Å². The molecule has 11 heteroatoms. The number of hydrogen-bond acceptors (Lipinski definition) is 4. The summed E-state index contributed by atoms with van der Waals surface area (Å²) in [4.78, 5) is 3.93. The fourth-order valence-corrected chi connectivity index (χ4v) is 4.02. The monoisotopic (exact) mass is 420 g/mol. The van der Waals surface area contributed by atoms with Crippen LogP contribution >= 0.6 is 15.9 Å². The van der Waals surface area contributed by atoms with Crippen LogP contribution in [0.5, 0.6) is 0 Å². The molecule has 2 atom stereocenters. The Morgan fingerprint density at radius 2 is 2.04 bits per heavy atom. The van der Waals surface area contributed by atoms with Crippen molar-refractivity contribution in [3.63, 3.8) is 0 Å². The lowest BCUT2D eigenvalue weighted by molar-refractivity contribution is -0.117.